The molecular formula is C12H18OS3. The topological polar surface area (TPSA) is 9.23 Å². The van der Waals surface area contributed by atoms with Gasteiger partial charge >= 0.3 is 0 Å². The molecule has 4 heteroatoms. The Bertz CT molecular complexity index is 287. The van der Waals surface area contributed by atoms with Crippen molar-refractivity contribution < 1.29 is 4.74 Å². The molecule has 0 heterocycles. The third-order valence-electron chi connectivity index (χ3n) is 1.98. The maximum Gasteiger partial charge on any atom is 0.118 e. The molecule has 1 atom stereocenters. The van der Waals surface area contributed by atoms with E-state index in [9.17, 15) is 0 Å². The van der Waals surface area contributed by atoms with Gasteiger partial charge in [0.2, 0.25) is 0 Å². The summed E-state index contributed by atoms with van der Waals surface area (Å²) in [5.74, 6) is 3.23. The Morgan fingerprint density at radius 2 is 1.81 bits per heavy atom. The number of benzene rings is 1. The highest BCUT2D eigenvalue weighted by Crippen LogP contribution is 2.45. The molecule has 0 aliphatic carbocycles. The molecule has 0 saturated carbocycles. The lowest BCUT2D eigenvalue weighted by molar-refractivity contribution is 0.414. The minimum atomic E-state index is 0.529. The Morgan fingerprint density at radius 1 is 1.12 bits per heavy atom. The van der Waals surface area contributed by atoms with Crippen LogP contribution in [0.1, 0.15) is 24.0 Å². The third kappa shape index (κ3) is 4.52. The summed E-state index contributed by atoms with van der Waals surface area (Å²) in [4.78, 5) is 0. The fourth-order valence-electron chi connectivity index (χ4n) is 1.22. The average molecular weight is 274 g/mol. The van der Waals surface area contributed by atoms with Gasteiger partial charge in [-0.3, -0.25) is 0 Å². The van der Waals surface area contributed by atoms with Gasteiger partial charge < -0.3 is 4.74 Å². The summed E-state index contributed by atoms with van der Waals surface area (Å²) in [6, 6.07) is 8.40. The van der Waals surface area contributed by atoms with E-state index in [2.05, 4.69) is 26.0 Å². The zero-order valence-electron chi connectivity index (χ0n) is 9.93. The molecule has 0 amide bonds. The summed E-state index contributed by atoms with van der Waals surface area (Å²) in [6.45, 7) is 4.40. The highest BCUT2D eigenvalue weighted by atomic mass is 33.1. The quantitative estimate of drug-likeness (QED) is 0.519. The highest BCUT2D eigenvalue weighted by Gasteiger charge is 2.11. The van der Waals surface area contributed by atoms with Crippen molar-refractivity contribution in [3.63, 3.8) is 0 Å². The molecule has 0 N–H and O–H groups in total. The van der Waals surface area contributed by atoms with Crippen LogP contribution in [0, 0.1) is 0 Å². The van der Waals surface area contributed by atoms with Crippen LogP contribution >= 0.6 is 33.3 Å². The molecule has 1 rings (SSSR count). The third-order valence-corrected chi connectivity index (χ3v) is 6.46. The van der Waals surface area contributed by atoms with Crippen LogP contribution in [0.5, 0.6) is 5.75 Å². The van der Waals surface area contributed by atoms with Crippen LogP contribution in [0.2, 0.25) is 0 Å². The average Bonchev–Trinajstić information content (AvgIpc) is 2.35. The molecule has 0 aromatic heterocycles. The summed E-state index contributed by atoms with van der Waals surface area (Å²) in [5.41, 5.74) is 1.37. The first-order valence-corrected chi connectivity index (χ1v) is 8.78. The van der Waals surface area contributed by atoms with Gasteiger partial charge in [0.1, 0.15) is 5.75 Å². The summed E-state index contributed by atoms with van der Waals surface area (Å²) < 4.78 is 5.70. The van der Waals surface area contributed by atoms with Gasteiger partial charge in [0.15, 0.2) is 0 Å². The number of hydrogen-bond donors (Lipinski definition) is 0. The van der Waals surface area contributed by atoms with E-state index in [4.69, 9.17) is 4.74 Å². The number of hydrogen-bond acceptors (Lipinski definition) is 4. The van der Waals surface area contributed by atoms with E-state index >= 15 is 0 Å². The van der Waals surface area contributed by atoms with Crippen LogP contribution < -0.4 is 4.74 Å². The second kappa shape index (κ2) is 8.20. The van der Waals surface area contributed by atoms with Crippen molar-refractivity contribution in [2.45, 2.75) is 18.4 Å². The number of thioether (sulfide) groups is 1. The van der Waals surface area contributed by atoms with Crippen molar-refractivity contribution in [2.24, 2.45) is 0 Å². The standard InChI is InChI=1S/C12H18OS3/c1-4-14-12(16-15-5-2)10-6-8-11(13-3)9-7-10/h6-9,12H,4-5H2,1-3H3. The van der Waals surface area contributed by atoms with E-state index in [1.54, 1.807) is 7.11 Å². The molecule has 16 heavy (non-hydrogen) atoms. The molecule has 1 nitrogen and oxygen atoms in total. The molecule has 1 unspecified atom stereocenters. The van der Waals surface area contributed by atoms with Gasteiger partial charge in [-0.15, -0.1) is 11.8 Å². The molecule has 1 aromatic carbocycles. The van der Waals surface area contributed by atoms with Gasteiger partial charge in [-0.2, -0.15) is 0 Å². The van der Waals surface area contributed by atoms with E-state index in [0.717, 1.165) is 17.3 Å². The summed E-state index contributed by atoms with van der Waals surface area (Å²) in [5, 5.41) is 0. The SMILES string of the molecule is CCSSC(SCC)c1ccc(OC)cc1. The first-order chi connectivity index (χ1) is 7.81. The fraction of sp³-hybridized carbons (Fsp3) is 0.500. The molecule has 0 aliphatic rings. The van der Waals surface area contributed by atoms with E-state index in [1.165, 1.54) is 5.56 Å². The van der Waals surface area contributed by atoms with Gasteiger partial charge in [-0.25, -0.2) is 0 Å². The summed E-state index contributed by atoms with van der Waals surface area (Å²) in [7, 11) is 5.58. The second-order valence-electron chi connectivity index (χ2n) is 3.06. The maximum atomic E-state index is 5.17. The maximum absolute atomic E-state index is 5.17. The van der Waals surface area contributed by atoms with Crippen molar-refractivity contribution in [3.05, 3.63) is 29.8 Å². The van der Waals surface area contributed by atoms with Crippen molar-refractivity contribution in [3.8, 4) is 5.75 Å². The molecule has 0 aliphatic heterocycles. The Kier molecular flexibility index (Phi) is 7.25. The molecule has 0 spiro atoms. The van der Waals surface area contributed by atoms with E-state index in [-0.39, 0.29) is 0 Å². The molecular weight excluding hydrogens is 256 g/mol. The minimum Gasteiger partial charge on any atom is -0.497 e. The van der Waals surface area contributed by atoms with Gasteiger partial charge in [0.25, 0.3) is 0 Å². The van der Waals surface area contributed by atoms with Gasteiger partial charge in [-0.05, 0) is 23.4 Å². The molecule has 90 valence electrons. The lowest BCUT2D eigenvalue weighted by atomic mass is 10.2. The first kappa shape index (κ1) is 14.1. The summed E-state index contributed by atoms with van der Waals surface area (Å²) >= 11 is 1.98. The fourth-order valence-corrected chi connectivity index (χ4v) is 5.14. The van der Waals surface area contributed by atoms with Crippen molar-refractivity contribution >= 4 is 33.3 Å². The minimum absolute atomic E-state index is 0.529. The van der Waals surface area contributed by atoms with Crippen molar-refractivity contribution in [2.75, 3.05) is 18.6 Å². The van der Waals surface area contributed by atoms with Crippen molar-refractivity contribution in [1.29, 1.82) is 0 Å². The molecule has 0 radical (unpaired) electrons. The van der Waals surface area contributed by atoms with Gasteiger partial charge in [0.05, 0.1) is 11.7 Å². The summed E-state index contributed by atoms with van der Waals surface area (Å²) in [6.07, 6.45) is 0. The van der Waals surface area contributed by atoms with Crippen LogP contribution in [0.15, 0.2) is 24.3 Å². The molecule has 1 aromatic rings. The number of ether oxygens (including phenoxy) is 1. The normalized spacial score (nSPS) is 12.4. The first-order valence-electron chi connectivity index (χ1n) is 5.35. The Labute approximate surface area is 111 Å². The molecule has 0 saturated heterocycles. The lowest BCUT2D eigenvalue weighted by Crippen LogP contribution is -1.89. The second-order valence-corrected chi connectivity index (χ2v) is 7.51. The largest absolute Gasteiger partial charge is 0.497 e. The van der Waals surface area contributed by atoms with E-state index in [0.29, 0.717) is 4.58 Å². The smallest absolute Gasteiger partial charge is 0.118 e. The zero-order chi connectivity index (χ0) is 11.8. The van der Waals surface area contributed by atoms with Crippen LogP contribution in [-0.2, 0) is 0 Å². The van der Waals surface area contributed by atoms with Crippen LogP contribution in [0.25, 0.3) is 0 Å². The van der Waals surface area contributed by atoms with Crippen LogP contribution in [0.4, 0.5) is 0 Å². The highest BCUT2D eigenvalue weighted by molar-refractivity contribution is 8.78. The molecule has 0 fully saturated rings. The number of methoxy groups -OCH3 is 1. The monoisotopic (exact) mass is 274 g/mol. The van der Waals surface area contributed by atoms with Crippen LogP contribution in [0.3, 0.4) is 0 Å². The zero-order valence-corrected chi connectivity index (χ0v) is 12.4. The molecule has 0 bridgehead atoms. The Balaban J connectivity index is 2.67. The lowest BCUT2D eigenvalue weighted by Gasteiger charge is -2.15. The van der Waals surface area contributed by atoms with Gasteiger partial charge in [-0.1, -0.05) is 47.6 Å². The number of rotatable bonds is 7. The van der Waals surface area contributed by atoms with Crippen molar-refractivity contribution in [1.82, 2.24) is 0 Å². The predicted molar refractivity (Wildman–Crippen MR) is 79.6 cm³/mol. The Hall–Kier alpha value is 0.0700. The van der Waals surface area contributed by atoms with Gasteiger partial charge in [0, 0.05) is 5.75 Å². The van der Waals surface area contributed by atoms with Crippen LogP contribution in [-0.4, -0.2) is 18.6 Å². The predicted octanol–water partition coefficient (Wildman–Crippen LogP) is 4.85. The Morgan fingerprint density at radius 3 is 2.31 bits per heavy atom. The van der Waals surface area contributed by atoms with E-state index < -0.39 is 0 Å². The van der Waals surface area contributed by atoms with E-state index in [1.807, 2.05) is 45.5 Å².